The molecule has 3 amide bonds. The van der Waals surface area contributed by atoms with E-state index in [0.29, 0.717) is 5.56 Å². The predicted octanol–water partition coefficient (Wildman–Crippen LogP) is -2.42. The first-order chi connectivity index (χ1) is 14.8. The van der Waals surface area contributed by atoms with Crippen LogP contribution in [0.4, 0.5) is 0 Å². The van der Waals surface area contributed by atoms with Crippen molar-refractivity contribution in [3.05, 3.63) is 29.8 Å². The lowest BCUT2D eigenvalue weighted by Crippen LogP contribution is -2.58. The van der Waals surface area contributed by atoms with Crippen molar-refractivity contribution < 1.29 is 39.6 Å². The molecule has 0 aliphatic heterocycles. The highest BCUT2D eigenvalue weighted by molar-refractivity contribution is 5.94. The molecule has 0 aromatic heterocycles. The molecule has 12 heteroatoms. The third kappa shape index (κ3) is 8.13. The number of rotatable bonds is 11. The van der Waals surface area contributed by atoms with Crippen molar-refractivity contribution in [1.29, 1.82) is 0 Å². The second-order valence-corrected chi connectivity index (χ2v) is 7.49. The van der Waals surface area contributed by atoms with Gasteiger partial charge in [-0.2, -0.15) is 0 Å². The number of phenols is 1. The maximum absolute atomic E-state index is 12.8. The molecule has 0 aliphatic carbocycles. The third-order valence-corrected chi connectivity index (χ3v) is 4.63. The van der Waals surface area contributed by atoms with E-state index in [4.69, 9.17) is 10.8 Å². The molecule has 178 valence electrons. The molecule has 0 heterocycles. The Balaban J connectivity index is 2.95. The topological polar surface area (TPSA) is 211 Å². The number of phenolic OH excluding ortho intramolecular Hbond substituents is 1. The monoisotopic (exact) mass is 454 g/mol. The summed E-state index contributed by atoms with van der Waals surface area (Å²) in [6, 6.07) is 0.593. The zero-order valence-electron chi connectivity index (χ0n) is 18.0. The van der Waals surface area contributed by atoms with Crippen LogP contribution in [0.2, 0.25) is 0 Å². The summed E-state index contributed by atoms with van der Waals surface area (Å²) in [6.45, 7) is 3.80. The van der Waals surface area contributed by atoms with Gasteiger partial charge in [-0.15, -0.1) is 0 Å². The van der Waals surface area contributed by atoms with Crippen LogP contribution in [0.15, 0.2) is 24.3 Å². The second-order valence-electron chi connectivity index (χ2n) is 7.49. The number of carboxylic acids is 1. The van der Waals surface area contributed by atoms with Gasteiger partial charge in [0.2, 0.25) is 17.7 Å². The van der Waals surface area contributed by atoms with Gasteiger partial charge in [0.1, 0.15) is 23.9 Å². The molecule has 1 rings (SSSR count). The van der Waals surface area contributed by atoms with Gasteiger partial charge in [0, 0.05) is 6.42 Å². The first-order valence-corrected chi connectivity index (χ1v) is 9.87. The summed E-state index contributed by atoms with van der Waals surface area (Å²) in [6.07, 6.45) is -2.57. The fourth-order valence-corrected chi connectivity index (χ4v) is 2.61. The normalized spacial score (nSPS) is 16.6. The maximum atomic E-state index is 12.8. The van der Waals surface area contributed by atoms with Crippen LogP contribution in [0.5, 0.6) is 5.75 Å². The highest BCUT2D eigenvalue weighted by Crippen LogP contribution is 2.12. The average Bonchev–Trinajstić information content (AvgIpc) is 2.71. The van der Waals surface area contributed by atoms with Crippen molar-refractivity contribution in [2.75, 3.05) is 0 Å². The van der Waals surface area contributed by atoms with E-state index in [1.54, 1.807) is 0 Å². The lowest BCUT2D eigenvalue weighted by atomic mass is 10.0. The van der Waals surface area contributed by atoms with Crippen LogP contribution < -0.4 is 21.7 Å². The molecule has 6 atom stereocenters. The average molecular weight is 454 g/mol. The summed E-state index contributed by atoms with van der Waals surface area (Å²) < 4.78 is 0. The summed E-state index contributed by atoms with van der Waals surface area (Å²) >= 11 is 0. The van der Waals surface area contributed by atoms with E-state index >= 15 is 0 Å². The number of nitrogens with one attached hydrogen (secondary N) is 3. The largest absolute Gasteiger partial charge is 0.508 e. The molecule has 0 saturated heterocycles. The van der Waals surface area contributed by atoms with E-state index < -0.39 is 60.1 Å². The SMILES string of the molecule is CC(NC(=O)C(Cc1ccc(O)cc1)NC(=O)C(N)C(C)O)C(=O)NC(C(=O)O)C(C)O. The molecule has 0 aliphatic rings. The first-order valence-electron chi connectivity index (χ1n) is 9.87. The standard InChI is InChI=1S/C20H30N4O8/c1-9(17(28)24-16(11(3)26)20(31)32)22-18(29)14(23-19(30)15(21)10(2)25)8-12-4-6-13(27)7-5-12/h4-7,9-11,14-16,25-27H,8,21H2,1-3H3,(H,22,29)(H,23,30)(H,24,28)(H,31,32). The molecule has 12 nitrogen and oxygen atoms in total. The van der Waals surface area contributed by atoms with Gasteiger partial charge in [0.05, 0.1) is 12.2 Å². The molecular formula is C20H30N4O8. The molecule has 1 aromatic carbocycles. The van der Waals surface area contributed by atoms with Crippen LogP contribution in [0.25, 0.3) is 0 Å². The Morgan fingerprint density at radius 3 is 1.91 bits per heavy atom. The molecule has 0 radical (unpaired) electrons. The Morgan fingerprint density at radius 1 is 0.875 bits per heavy atom. The molecule has 0 fully saturated rings. The summed E-state index contributed by atoms with van der Waals surface area (Å²) in [7, 11) is 0. The van der Waals surface area contributed by atoms with Crippen molar-refractivity contribution in [2.45, 2.75) is 63.6 Å². The fraction of sp³-hybridized carbons (Fsp3) is 0.500. The number of benzene rings is 1. The number of aromatic hydroxyl groups is 1. The van der Waals surface area contributed by atoms with Crippen molar-refractivity contribution in [2.24, 2.45) is 5.73 Å². The van der Waals surface area contributed by atoms with E-state index in [-0.39, 0.29) is 12.2 Å². The number of hydrogen-bond donors (Lipinski definition) is 8. The van der Waals surface area contributed by atoms with Crippen molar-refractivity contribution in [3.63, 3.8) is 0 Å². The van der Waals surface area contributed by atoms with E-state index in [2.05, 4.69) is 16.0 Å². The van der Waals surface area contributed by atoms with Crippen LogP contribution in [-0.4, -0.2) is 80.5 Å². The molecule has 6 unspecified atom stereocenters. The van der Waals surface area contributed by atoms with Crippen molar-refractivity contribution in [1.82, 2.24) is 16.0 Å². The van der Waals surface area contributed by atoms with Gasteiger partial charge >= 0.3 is 5.97 Å². The number of carboxylic acid groups (broad SMARTS) is 1. The molecule has 9 N–H and O–H groups in total. The minimum absolute atomic E-state index is 0.00584. The summed E-state index contributed by atoms with van der Waals surface area (Å²) in [4.78, 5) is 48.5. The zero-order valence-corrected chi connectivity index (χ0v) is 18.0. The number of aliphatic carboxylic acids is 1. The van der Waals surface area contributed by atoms with Crippen LogP contribution >= 0.6 is 0 Å². The molecule has 0 bridgehead atoms. The van der Waals surface area contributed by atoms with Crippen LogP contribution in [0, 0.1) is 0 Å². The Labute approximate surface area is 184 Å². The number of carbonyl (C=O) groups excluding carboxylic acids is 3. The number of amides is 3. The Kier molecular flexibility index (Phi) is 10.0. The van der Waals surface area contributed by atoms with Gasteiger partial charge < -0.3 is 42.1 Å². The number of aliphatic hydroxyl groups excluding tert-OH is 2. The number of carbonyl (C=O) groups is 4. The number of nitrogens with two attached hydrogens (primary N) is 1. The quantitative estimate of drug-likeness (QED) is 0.178. The van der Waals surface area contributed by atoms with Gasteiger partial charge in [0.15, 0.2) is 6.04 Å². The van der Waals surface area contributed by atoms with Crippen LogP contribution in [0.3, 0.4) is 0 Å². The molecule has 32 heavy (non-hydrogen) atoms. The predicted molar refractivity (Wildman–Crippen MR) is 112 cm³/mol. The molecule has 1 aromatic rings. The minimum atomic E-state index is -1.57. The van der Waals surface area contributed by atoms with Gasteiger partial charge in [-0.3, -0.25) is 14.4 Å². The number of aliphatic hydroxyl groups is 2. The van der Waals surface area contributed by atoms with E-state index in [1.165, 1.54) is 45.0 Å². The zero-order chi connectivity index (χ0) is 24.6. The Morgan fingerprint density at radius 2 is 1.44 bits per heavy atom. The van der Waals surface area contributed by atoms with E-state index in [0.717, 1.165) is 0 Å². The minimum Gasteiger partial charge on any atom is -0.508 e. The Bertz CT molecular complexity index is 812. The lowest BCUT2D eigenvalue weighted by Gasteiger charge is -2.24. The van der Waals surface area contributed by atoms with E-state index in [9.17, 15) is 34.5 Å². The molecular weight excluding hydrogens is 424 g/mol. The fourth-order valence-electron chi connectivity index (χ4n) is 2.61. The van der Waals surface area contributed by atoms with Crippen molar-refractivity contribution >= 4 is 23.7 Å². The van der Waals surface area contributed by atoms with Gasteiger partial charge in [0.25, 0.3) is 0 Å². The highest BCUT2D eigenvalue weighted by atomic mass is 16.4. The molecule has 0 saturated carbocycles. The smallest absolute Gasteiger partial charge is 0.328 e. The number of hydrogen-bond acceptors (Lipinski definition) is 8. The molecule has 0 spiro atoms. The maximum Gasteiger partial charge on any atom is 0.328 e. The Hall–Kier alpha value is -3.22. The summed E-state index contributed by atoms with van der Waals surface area (Å²) in [5, 5.41) is 44.4. The highest BCUT2D eigenvalue weighted by Gasteiger charge is 2.30. The summed E-state index contributed by atoms with van der Waals surface area (Å²) in [5.74, 6) is -3.86. The third-order valence-electron chi connectivity index (χ3n) is 4.63. The van der Waals surface area contributed by atoms with Gasteiger partial charge in [-0.05, 0) is 38.5 Å². The summed E-state index contributed by atoms with van der Waals surface area (Å²) in [5.41, 5.74) is 6.19. The second kappa shape index (κ2) is 12.0. The van der Waals surface area contributed by atoms with Gasteiger partial charge in [-0.1, -0.05) is 12.1 Å². The van der Waals surface area contributed by atoms with Gasteiger partial charge in [-0.25, -0.2) is 4.79 Å². The van der Waals surface area contributed by atoms with Crippen LogP contribution in [-0.2, 0) is 25.6 Å². The lowest BCUT2D eigenvalue weighted by molar-refractivity contribution is -0.145. The first kappa shape index (κ1) is 26.8. The van der Waals surface area contributed by atoms with E-state index in [1.807, 2.05) is 0 Å². The van der Waals surface area contributed by atoms with Crippen LogP contribution in [0.1, 0.15) is 26.3 Å². The van der Waals surface area contributed by atoms with Crippen molar-refractivity contribution in [3.8, 4) is 5.75 Å².